The van der Waals surface area contributed by atoms with Crippen LogP contribution in [0.1, 0.15) is 53.4 Å². The van der Waals surface area contributed by atoms with E-state index in [1.54, 1.807) is 36.2 Å². The summed E-state index contributed by atoms with van der Waals surface area (Å²) < 4.78 is 51.2. The van der Waals surface area contributed by atoms with Crippen molar-refractivity contribution in [2.75, 3.05) is 20.2 Å². The zero-order valence-electron chi connectivity index (χ0n) is 21.8. The Morgan fingerprint density at radius 1 is 1.15 bits per heavy atom. The van der Waals surface area contributed by atoms with Gasteiger partial charge in [-0.1, -0.05) is 6.07 Å². The molecule has 12 heteroatoms. The first-order chi connectivity index (χ1) is 19.1. The normalized spacial score (nSPS) is 15.3. The Morgan fingerprint density at radius 2 is 1.90 bits per heavy atom. The smallest absolute Gasteiger partial charge is 0.433 e. The lowest BCUT2D eigenvalue weighted by molar-refractivity contribution is -0.140. The van der Waals surface area contributed by atoms with E-state index in [2.05, 4.69) is 15.0 Å². The van der Waals surface area contributed by atoms with E-state index in [1.807, 2.05) is 6.07 Å². The van der Waals surface area contributed by atoms with Gasteiger partial charge in [0.15, 0.2) is 11.5 Å². The number of alkyl halides is 3. The van der Waals surface area contributed by atoms with Crippen LogP contribution >= 0.6 is 0 Å². The molecule has 0 radical (unpaired) electrons. The van der Waals surface area contributed by atoms with Crippen LogP contribution in [0.3, 0.4) is 0 Å². The maximum Gasteiger partial charge on any atom is 0.433 e. The van der Waals surface area contributed by atoms with Crippen molar-refractivity contribution in [3.05, 3.63) is 71.5 Å². The zero-order valence-corrected chi connectivity index (χ0v) is 21.8. The van der Waals surface area contributed by atoms with E-state index in [4.69, 9.17) is 20.3 Å². The first kappa shape index (κ1) is 27.3. The highest BCUT2D eigenvalue weighted by molar-refractivity contribution is 5.99. The van der Waals surface area contributed by atoms with E-state index in [0.717, 1.165) is 6.07 Å². The van der Waals surface area contributed by atoms with Crippen molar-refractivity contribution in [2.45, 2.75) is 32.0 Å². The molecule has 0 bridgehead atoms. The Morgan fingerprint density at radius 3 is 2.52 bits per heavy atom. The largest absolute Gasteiger partial charge is 0.494 e. The third-order valence-corrected chi connectivity index (χ3v) is 6.96. The van der Waals surface area contributed by atoms with Crippen LogP contribution in [0.2, 0.25) is 0 Å². The standard InChI is InChI=1S/C28H27F3N6O3/c1-15(32)25-24(27(38)37-13-10-16(11-14-37)22(33)19-5-3-4-12-34-19)36-26(40-25)18-6-8-20(39-2)23-17(18)7-9-21(35-23)28(29,30)31/h3-9,12,15-16,33H,10-11,13-14,32H2,1-2H3/t15-/m1/s1. The van der Waals surface area contributed by atoms with Gasteiger partial charge in [-0.3, -0.25) is 9.78 Å². The fraction of sp³-hybridized carbons (Fsp3) is 0.321. The van der Waals surface area contributed by atoms with Crippen molar-refractivity contribution in [1.29, 1.82) is 5.41 Å². The fourth-order valence-electron chi connectivity index (χ4n) is 4.86. The molecule has 4 aromatic rings. The van der Waals surface area contributed by atoms with E-state index in [-0.39, 0.29) is 40.4 Å². The molecule has 1 amide bonds. The van der Waals surface area contributed by atoms with Gasteiger partial charge in [0.25, 0.3) is 5.91 Å². The summed E-state index contributed by atoms with van der Waals surface area (Å²) in [5.74, 6) is -0.0250. The number of hydrogen-bond acceptors (Lipinski definition) is 8. The molecule has 0 aliphatic carbocycles. The highest BCUT2D eigenvalue weighted by Gasteiger charge is 2.34. The number of piperidine rings is 1. The van der Waals surface area contributed by atoms with Crippen molar-refractivity contribution in [3.8, 4) is 17.2 Å². The van der Waals surface area contributed by atoms with Crippen LogP contribution in [0, 0.1) is 11.3 Å². The topological polar surface area (TPSA) is 131 Å². The first-order valence-electron chi connectivity index (χ1n) is 12.7. The second-order valence-corrected chi connectivity index (χ2v) is 9.62. The van der Waals surface area contributed by atoms with E-state index < -0.39 is 17.9 Å². The second kappa shape index (κ2) is 10.7. The summed E-state index contributed by atoms with van der Waals surface area (Å²) in [6.45, 7) is 2.48. The van der Waals surface area contributed by atoms with Gasteiger partial charge < -0.3 is 25.2 Å². The van der Waals surface area contributed by atoms with Gasteiger partial charge >= 0.3 is 6.18 Å². The number of nitrogens with two attached hydrogens (primary N) is 1. The number of methoxy groups -OCH3 is 1. The number of ether oxygens (including phenoxy) is 1. The van der Waals surface area contributed by atoms with Crippen molar-refractivity contribution >= 4 is 22.5 Å². The number of halogens is 3. The number of pyridine rings is 2. The molecule has 5 rings (SSSR count). The van der Waals surface area contributed by atoms with Crippen molar-refractivity contribution in [1.82, 2.24) is 19.9 Å². The number of benzene rings is 1. The summed E-state index contributed by atoms with van der Waals surface area (Å²) in [4.78, 5) is 27.7. The van der Waals surface area contributed by atoms with Crippen molar-refractivity contribution < 1.29 is 27.1 Å². The Kier molecular flexibility index (Phi) is 7.28. The lowest BCUT2D eigenvalue weighted by atomic mass is 9.90. The molecule has 0 spiro atoms. The molecule has 1 aliphatic heterocycles. The molecule has 1 atom stereocenters. The van der Waals surface area contributed by atoms with Gasteiger partial charge in [-0.15, -0.1) is 0 Å². The van der Waals surface area contributed by atoms with Gasteiger partial charge in [-0.2, -0.15) is 13.2 Å². The Bertz CT molecular complexity index is 1560. The van der Waals surface area contributed by atoms with Crippen LogP contribution in [-0.4, -0.2) is 51.7 Å². The van der Waals surface area contributed by atoms with E-state index >= 15 is 0 Å². The summed E-state index contributed by atoms with van der Waals surface area (Å²) in [5.41, 5.74) is 6.52. The number of rotatable bonds is 6. The quantitative estimate of drug-likeness (QED) is 0.312. The monoisotopic (exact) mass is 552 g/mol. The molecule has 3 aromatic heterocycles. The van der Waals surface area contributed by atoms with Crippen LogP contribution in [0.4, 0.5) is 13.2 Å². The average molecular weight is 553 g/mol. The molecule has 0 saturated carbocycles. The van der Waals surface area contributed by atoms with Crippen LogP contribution in [0.5, 0.6) is 5.75 Å². The van der Waals surface area contributed by atoms with Crippen LogP contribution in [0.25, 0.3) is 22.4 Å². The predicted octanol–water partition coefficient (Wildman–Crippen LogP) is 5.25. The van der Waals surface area contributed by atoms with Crippen molar-refractivity contribution in [3.63, 3.8) is 0 Å². The zero-order chi connectivity index (χ0) is 28.6. The molecule has 9 nitrogen and oxygen atoms in total. The van der Waals surface area contributed by atoms with Crippen LogP contribution < -0.4 is 10.5 Å². The lowest BCUT2D eigenvalue weighted by Crippen LogP contribution is -2.41. The minimum atomic E-state index is -4.64. The maximum absolute atomic E-state index is 13.6. The van der Waals surface area contributed by atoms with Crippen molar-refractivity contribution in [2.24, 2.45) is 11.7 Å². The molecule has 0 unspecified atom stereocenters. The van der Waals surface area contributed by atoms with Gasteiger partial charge in [-0.25, -0.2) is 9.97 Å². The number of amides is 1. The minimum Gasteiger partial charge on any atom is -0.494 e. The minimum absolute atomic E-state index is 0.0133. The van der Waals surface area contributed by atoms with E-state index in [1.165, 1.54) is 19.2 Å². The molecule has 3 N–H and O–H groups in total. The second-order valence-electron chi connectivity index (χ2n) is 9.62. The SMILES string of the molecule is COc1ccc(-c2nc(C(=O)N3CCC(C(=N)c4ccccn4)CC3)c([C@@H](C)N)o2)c2ccc(C(F)(F)F)nc12. The summed E-state index contributed by atoms with van der Waals surface area (Å²) >= 11 is 0. The molecule has 40 heavy (non-hydrogen) atoms. The number of fused-ring (bicyclic) bond motifs is 1. The average Bonchev–Trinajstić information content (AvgIpc) is 3.41. The molecular formula is C28H27F3N6O3. The van der Waals surface area contributed by atoms with Crippen LogP contribution in [-0.2, 0) is 6.18 Å². The number of aromatic nitrogens is 3. The van der Waals surface area contributed by atoms with Gasteiger partial charge in [0.1, 0.15) is 17.0 Å². The Balaban J connectivity index is 1.44. The number of likely N-dealkylation sites (tertiary alicyclic amines) is 1. The Labute approximate surface area is 227 Å². The maximum atomic E-state index is 13.6. The third-order valence-electron chi connectivity index (χ3n) is 6.96. The molecule has 1 aliphatic rings. The number of hydrogen-bond donors (Lipinski definition) is 2. The number of carbonyl (C=O) groups excluding carboxylic acids is 1. The van der Waals surface area contributed by atoms with Gasteiger partial charge in [0.2, 0.25) is 5.89 Å². The summed E-state index contributed by atoms with van der Waals surface area (Å²) in [7, 11) is 1.34. The van der Waals surface area contributed by atoms with Crippen LogP contribution in [0.15, 0.2) is 53.1 Å². The third kappa shape index (κ3) is 5.14. The first-order valence-corrected chi connectivity index (χ1v) is 12.7. The van der Waals surface area contributed by atoms with Gasteiger partial charge in [0, 0.05) is 36.2 Å². The molecule has 208 valence electrons. The number of nitrogens with zero attached hydrogens (tertiary/aromatic N) is 4. The number of nitrogens with one attached hydrogen (secondary N) is 1. The molecule has 1 aromatic carbocycles. The summed E-state index contributed by atoms with van der Waals surface area (Å²) in [6, 6.07) is 9.99. The Hall–Kier alpha value is -4.32. The lowest BCUT2D eigenvalue weighted by Gasteiger charge is -2.31. The highest BCUT2D eigenvalue weighted by atomic mass is 19.4. The fourth-order valence-corrected chi connectivity index (χ4v) is 4.86. The van der Waals surface area contributed by atoms with Gasteiger partial charge in [0.05, 0.1) is 24.6 Å². The molecule has 1 saturated heterocycles. The summed E-state index contributed by atoms with van der Waals surface area (Å²) in [6.07, 6.45) is -1.80. The number of oxazole rings is 1. The molecule has 4 heterocycles. The van der Waals surface area contributed by atoms with E-state index in [0.29, 0.717) is 48.3 Å². The van der Waals surface area contributed by atoms with Gasteiger partial charge in [-0.05, 0) is 56.2 Å². The molecular weight excluding hydrogens is 525 g/mol. The highest BCUT2D eigenvalue weighted by Crippen LogP contribution is 2.37. The van der Waals surface area contributed by atoms with E-state index in [9.17, 15) is 18.0 Å². The summed E-state index contributed by atoms with van der Waals surface area (Å²) in [5, 5.41) is 8.82. The molecule has 1 fully saturated rings. The predicted molar refractivity (Wildman–Crippen MR) is 141 cm³/mol. The number of carbonyl (C=O) groups is 1.